The summed E-state index contributed by atoms with van der Waals surface area (Å²) in [5.74, 6) is 0.692. The zero-order valence-corrected chi connectivity index (χ0v) is 27.8. The SMILES string of the molecule is COc1ccc(C(OC[C@H]2O[C@@H](n3cnc4c(=O)[nH]c(NC(=O)C(C)C)nc43)[C@@H](OC)[C@@H]2O)(c2ccccc2)c2ccc(OC)cc2)cc1. The summed E-state index contributed by atoms with van der Waals surface area (Å²) in [5.41, 5.74) is 0.980. The van der Waals surface area contributed by atoms with Crippen LogP contribution >= 0.6 is 0 Å². The fourth-order valence-corrected chi connectivity index (χ4v) is 6.05. The van der Waals surface area contributed by atoms with Crippen molar-refractivity contribution >= 4 is 23.0 Å². The van der Waals surface area contributed by atoms with E-state index in [-0.39, 0.29) is 35.5 Å². The number of nitrogens with zero attached hydrogens (tertiary/aromatic N) is 3. The second-order valence-corrected chi connectivity index (χ2v) is 12.0. The van der Waals surface area contributed by atoms with Crippen LogP contribution in [0.15, 0.2) is 90.0 Å². The van der Waals surface area contributed by atoms with E-state index in [9.17, 15) is 14.7 Å². The number of carbonyl (C=O) groups is 1. The highest BCUT2D eigenvalue weighted by molar-refractivity contribution is 5.91. The van der Waals surface area contributed by atoms with E-state index in [0.717, 1.165) is 16.7 Å². The van der Waals surface area contributed by atoms with Crippen LogP contribution in [0, 0.1) is 5.92 Å². The van der Waals surface area contributed by atoms with E-state index in [4.69, 9.17) is 23.7 Å². The number of imidazole rings is 1. The monoisotopic (exact) mass is 669 g/mol. The van der Waals surface area contributed by atoms with Crippen LogP contribution in [0.5, 0.6) is 11.5 Å². The van der Waals surface area contributed by atoms with Gasteiger partial charge in [0.05, 0.1) is 27.2 Å². The molecule has 6 rings (SSSR count). The Morgan fingerprint density at radius 1 is 0.959 bits per heavy atom. The van der Waals surface area contributed by atoms with Gasteiger partial charge in [0.15, 0.2) is 17.4 Å². The first-order valence-electron chi connectivity index (χ1n) is 15.8. The smallest absolute Gasteiger partial charge is 0.280 e. The van der Waals surface area contributed by atoms with Crippen LogP contribution in [0.4, 0.5) is 5.95 Å². The lowest BCUT2D eigenvalue weighted by Crippen LogP contribution is -2.40. The Morgan fingerprint density at radius 3 is 2.10 bits per heavy atom. The van der Waals surface area contributed by atoms with Gasteiger partial charge in [0.25, 0.3) is 5.56 Å². The molecule has 1 saturated heterocycles. The normalized spacial score (nSPS) is 19.3. The molecule has 0 bridgehead atoms. The minimum atomic E-state index is -1.15. The third kappa shape index (κ3) is 6.41. The average Bonchev–Trinajstić information content (AvgIpc) is 3.69. The van der Waals surface area contributed by atoms with Gasteiger partial charge in [-0.25, -0.2) is 4.98 Å². The summed E-state index contributed by atoms with van der Waals surface area (Å²) < 4.78 is 31.6. The number of aromatic nitrogens is 4. The molecular weight excluding hydrogens is 630 g/mol. The van der Waals surface area contributed by atoms with Gasteiger partial charge in [-0.2, -0.15) is 4.98 Å². The highest BCUT2D eigenvalue weighted by atomic mass is 16.6. The van der Waals surface area contributed by atoms with Crippen molar-refractivity contribution < 1.29 is 33.6 Å². The standard InChI is InChI=1S/C36H39N5O8/c1-21(2)32(43)39-35-38-31-28(33(44)40-35)37-20-41(31)34-30(47-5)29(42)27(49-34)19-48-36(22-9-7-6-8-10-22,23-11-15-25(45-3)16-12-23)24-13-17-26(46-4)18-14-24/h6-18,20-21,27,29-30,34,42H,19H2,1-5H3,(H2,38,39,40,43,44)/t27-,29-,30+,34-/m1/s1. The number of aromatic amines is 1. The molecule has 1 amide bonds. The molecule has 1 aliphatic rings. The molecule has 0 unspecified atom stereocenters. The van der Waals surface area contributed by atoms with Crippen LogP contribution in [-0.2, 0) is 24.6 Å². The molecule has 3 aromatic carbocycles. The topological polar surface area (TPSA) is 159 Å². The number of rotatable bonds is 12. The van der Waals surface area contributed by atoms with Gasteiger partial charge in [-0.3, -0.25) is 24.5 Å². The van der Waals surface area contributed by atoms with Crippen molar-refractivity contribution in [1.82, 2.24) is 19.5 Å². The number of fused-ring (bicyclic) bond motifs is 1. The Kier molecular flexibility index (Phi) is 9.79. The number of hydrogen-bond acceptors (Lipinski definition) is 10. The molecule has 49 heavy (non-hydrogen) atoms. The molecule has 0 radical (unpaired) electrons. The van der Waals surface area contributed by atoms with Gasteiger partial charge in [0.1, 0.15) is 35.4 Å². The van der Waals surface area contributed by atoms with Gasteiger partial charge in [-0.1, -0.05) is 68.4 Å². The molecular formula is C36H39N5O8. The fraction of sp³-hybridized carbons (Fsp3) is 0.333. The van der Waals surface area contributed by atoms with E-state index < -0.39 is 35.7 Å². The third-order valence-corrected chi connectivity index (χ3v) is 8.69. The van der Waals surface area contributed by atoms with Gasteiger partial charge in [-0.15, -0.1) is 0 Å². The molecule has 256 valence electrons. The fourth-order valence-electron chi connectivity index (χ4n) is 6.05. The average molecular weight is 670 g/mol. The van der Waals surface area contributed by atoms with Crippen molar-refractivity contribution in [1.29, 1.82) is 0 Å². The van der Waals surface area contributed by atoms with Crippen LogP contribution in [0.1, 0.15) is 36.8 Å². The second-order valence-electron chi connectivity index (χ2n) is 12.0. The van der Waals surface area contributed by atoms with Crippen LogP contribution in [0.25, 0.3) is 11.2 Å². The van der Waals surface area contributed by atoms with E-state index in [2.05, 4.69) is 20.3 Å². The zero-order valence-electron chi connectivity index (χ0n) is 27.8. The Balaban J connectivity index is 1.38. The van der Waals surface area contributed by atoms with Crippen molar-refractivity contribution in [2.75, 3.05) is 33.3 Å². The van der Waals surface area contributed by atoms with Gasteiger partial charge in [-0.05, 0) is 41.0 Å². The predicted molar refractivity (Wildman–Crippen MR) is 181 cm³/mol. The lowest BCUT2D eigenvalue weighted by atomic mass is 9.80. The van der Waals surface area contributed by atoms with Gasteiger partial charge in [0.2, 0.25) is 11.9 Å². The number of hydrogen-bond donors (Lipinski definition) is 3. The number of methoxy groups -OCH3 is 3. The van der Waals surface area contributed by atoms with E-state index >= 15 is 0 Å². The first-order chi connectivity index (χ1) is 23.7. The summed E-state index contributed by atoms with van der Waals surface area (Å²) in [6, 6.07) is 25.0. The van der Waals surface area contributed by atoms with E-state index in [1.54, 1.807) is 28.1 Å². The summed E-state index contributed by atoms with van der Waals surface area (Å²) in [5, 5.41) is 14.2. The largest absolute Gasteiger partial charge is 0.497 e. The van der Waals surface area contributed by atoms with Crippen LogP contribution in [-0.4, -0.2) is 76.8 Å². The molecule has 1 fully saturated rings. The van der Waals surface area contributed by atoms with Crippen molar-refractivity contribution in [2.24, 2.45) is 5.92 Å². The molecule has 2 aromatic heterocycles. The summed E-state index contributed by atoms with van der Waals surface area (Å²) in [6.45, 7) is 3.39. The van der Waals surface area contributed by atoms with Crippen molar-refractivity contribution in [3.63, 3.8) is 0 Å². The molecule has 1 aliphatic heterocycles. The number of carbonyl (C=O) groups excluding carboxylic acids is 1. The van der Waals surface area contributed by atoms with Gasteiger partial charge < -0.3 is 28.8 Å². The molecule has 3 heterocycles. The minimum absolute atomic E-state index is 0.0306. The summed E-state index contributed by atoms with van der Waals surface area (Å²) in [6.07, 6.45) is -2.44. The van der Waals surface area contributed by atoms with Crippen molar-refractivity contribution in [2.45, 2.75) is 44.0 Å². The van der Waals surface area contributed by atoms with Crippen molar-refractivity contribution in [3.05, 3.63) is 112 Å². The third-order valence-electron chi connectivity index (χ3n) is 8.69. The summed E-state index contributed by atoms with van der Waals surface area (Å²) in [7, 11) is 4.68. The Morgan fingerprint density at radius 2 is 1.55 bits per heavy atom. The maximum atomic E-state index is 12.9. The lowest BCUT2D eigenvalue weighted by molar-refractivity contribution is -0.118. The highest BCUT2D eigenvalue weighted by Crippen LogP contribution is 2.43. The number of aliphatic hydroxyl groups excluding tert-OH is 1. The van der Waals surface area contributed by atoms with E-state index in [1.165, 1.54) is 18.0 Å². The minimum Gasteiger partial charge on any atom is -0.497 e. The molecule has 4 atom stereocenters. The number of ether oxygens (including phenoxy) is 5. The van der Waals surface area contributed by atoms with Crippen LogP contribution < -0.4 is 20.3 Å². The molecule has 5 aromatic rings. The molecule has 3 N–H and O–H groups in total. The number of anilines is 1. The van der Waals surface area contributed by atoms with Gasteiger partial charge in [0, 0.05) is 13.0 Å². The molecule has 0 aliphatic carbocycles. The first kappa shape index (κ1) is 33.8. The summed E-state index contributed by atoms with van der Waals surface area (Å²) >= 11 is 0. The summed E-state index contributed by atoms with van der Waals surface area (Å²) in [4.78, 5) is 36.5. The van der Waals surface area contributed by atoms with E-state index in [0.29, 0.717) is 11.5 Å². The van der Waals surface area contributed by atoms with Crippen molar-refractivity contribution in [3.8, 4) is 11.5 Å². The lowest BCUT2D eigenvalue weighted by Gasteiger charge is -2.37. The van der Waals surface area contributed by atoms with E-state index in [1.807, 2.05) is 78.9 Å². The Hall–Kier alpha value is -5.08. The molecule has 13 heteroatoms. The maximum Gasteiger partial charge on any atom is 0.280 e. The number of H-pyrrole nitrogens is 1. The number of amides is 1. The Bertz CT molecular complexity index is 1900. The van der Waals surface area contributed by atoms with Crippen LogP contribution in [0.3, 0.4) is 0 Å². The zero-order chi connectivity index (χ0) is 34.7. The van der Waals surface area contributed by atoms with Gasteiger partial charge >= 0.3 is 0 Å². The Labute approximate surface area is 282 Å². The predicted octanol–water partition coefficient (Wildman–Crippen LogP) is 4.01. The molecule has 0 saturated carbocycles. The second kappa shape index (κ2) is 14.2. The quantitative estimate of drug-likeness (QED) is 0.166. The number of aliphatic hydroxyl groups is 1. The van der Waals surface area contributed by atoms with Crippen LogP contribution in [0.2, 0.25) is 0 Å². The number of benzene rings is 3. The maximum absolute atomic E-state index is 12.9. The molecule has 13 nitrogen and oxygen atoms in total. The first-order valence-corrected chi connectivity index (χ1v) is 15.8. The number of nitrogens with one attached hydrogen (secondary N) is 2. The molecule has 0 spiro atoms. The highest BCUT2D eigenvalue weighted by Gasteiger charge is 2.48.